The average Bonchev–Trinajstić information content (AvgIpc) is 2.71. The molecule has 1 heterocycles. The van der Waals surface area contributed by atoms with E-state index in [1.165, 1.54) is 0 Å². The average molecular weight is 298 g/mol. The molecule has 2 aromatic rings. The molecule has 1 aromatic heterocycles. The van der Waals surface area contributed by atoms with E-state index in [0.29, 0.717) is 16.0 Å². The first kappa shape index (κ1) is 13.9. The molecule has 1 N–H and O–H groups in total. The normalized spacial score (nSPS) is 10.7. The number of aryl methyl sites for hydroxylation is 2. The van der Waals surface area contributed by atoms with E-state index >= 15 is 0 Å². The number of nitrogens with zero attached hydrogens (tertiary/aromatic N) is 3. The zero-order valence-corrected chi connectivity index (χ0v) is 12.0. The molecule has 5 nitrogen and oxygen atoms in total. The van der Waals surface area contributed by atoms with Crippen molar-refractivity contribution in [2.24, 2.45) is 0 Å². The van der Waals surface area contributed by atoms with Gasteiger partial charge in [0.25, 0.3) is 0 Å². The zero-order valence-electron chi connectivity index (χ0n) is 10.4. The molecule has 0 saturated heterocycles. The summed E-state index contributed by atoms with van der Waals surface area (Å²) in [5, 5.41) is 17.9. The quantitative estimate of drug-likeness (QED) is 0.879. The number of carboxylic acid groups (broad SMARTS) is 1. The second-order valence-electron chi connectivity index (χ2n) is 3.98. The van der Waals surface area contributed by atoms with E-state index in [9.17, 15) is 4.79 Å². The van der Waals surface area contributed by atoms with E-state index in [0.717, 1.165) is 23.0 Å². The van der Waals surface area contributed by atoms with Gasteiger partial charge < -0.3 is 5.11 Å². The van der Waals surface area contributed by atoms with Crippen LogP contribution >= 0.6 is 23.4 Å². The molecule has 1 aromatic carbocycles. The Morgan fingerprint density at radius 2 is 2.16 bits per heavy atom. The fraction of sp³-hybridized carbons (Fsp3) is 0.250. The molecule has 7 heteroatoms. The molecule has 0 unspecified atom stereocenters. The third-order valence-corrected chi connectivity index (χ3v) is 3.68. The molecule has 0 atom stereocenters. The zero-order chi connectivity index (χ0) is 14.0. The summed E-state index contributed by atoms with van der Waals surface area (Å²) in [5.41, 5.74) is 1.88. The van der Waals surface area contributed by atoms with Gasteiger partial charge >= 0.3 is 5.97 Å². The number of aliphatic carboxylic acids is 1. The van der Waals surface area contributed by atoms with Crippen LogP contribution in [0.4, 0.5) is 0 Å². The van der Waals surface area contributed by atoms with Gasteiger partial charge in [0.2, 0.25) is 0 Å². The third-order valence-electron chi connectivity index (χ3n) is 2.53. The number of carbonyl (C=O) groups is 1. The predicted octanol–water partition coefficient (Wildman–Crippen LogP) is 2.71. The van der Waals surface area contributed by atoms with Crippen LogP contribution in [-0.4, -0.2) is 31.6 Å². The van der Waals surface area contributed by atoms with Crippen molar-refractivity contribution < 1.29 is 9.90 Å². The Morgan fingerprint density at radius 1 is 1.42 bits per heavy atom. The maximum absolute atomic E-state index is 10.6. The first-order valence-electron chi connectivity index (χ1n) is 5.52. The number of hydrogen-bond donors (Lipinski definition) is 1. The van der Waals surface area contributed by atoms with E-state index < -0.39 is 5.97 Å². The van der Waals surface area contributed by atoms with E-state index in [1.807, 2.05) is 36.6 Å². The summed E-state index contributed by atoms with van der Waals surface area (Å²) < 4.78 is 1.81. The Labute approximate surface area is 119 Å². The number of hydrogen-bond acceptors (Lipinski definition) is 4. The Hall–Kier alpha value is -1.53. The second-order valence-corrected chi connectivity index (χ2v) is 5.36. The van der Waals surface area contributed by atoms with Crippen molar-refractivity contribution in [1.82, 2.24) is 14.8 Å². The van der Waals surface area contributed by atoms with Crippen molar-refractivity contribution >= 4 is 29.3 Å². The lowest BCUT2D eigenvalue weighted by Crippen LogP contribution is -2.04. The van der Waals surface area contributed by atoms with Gasteiger partial charge in [0.15, 0.2) is 5.16 Å². The number of carboxylic acids is 1. The molecule has 0 aliphatic carbocycles. The Kier molecular flexibility index (Phi) is 4.11. The summed E-state index contributed by atoms with van der Waals surface area (Å²) in [6, 6.07) is 5.53. The van der Waals surface area contributed by atoms with Crippen LogP contribution in [0.25, 0.3) is 5.69 Å². The molecule has 0 radical (unpaired) electrons. The van der Waals surface area contributed by atoms with Crippen molar-refractivity contribution in [3.63, 3.8) is 0 Å². The lowest BCUT2D eigenvalue weighted by Gasteiger charge is -2.11. The lowest BCUT2D eigenvalue weighted by molar-refractivity contribution is -0.133. The van der Waals surface area contributed by atoms with Crippen molar-refractivity contribution in [2.45, 2.75) is 19.0 Å². The SMILES string of the molecule is Cc1ccc(Cl)cc1-n1c(C)nnc1SCC(=O)O. The molecule has 0 aliphatic heterocycles. The highest BCUT2D eigenvalue weighted by Crippen LogP contribution is 2.26. The molecule has 0 spiro atoms. The fourth-order valence-corrected chi connectivity index (χ4v) is 2.54. The Morgan fingerprint density at radius 3 is 2.84 bits per heavy atom. The monoisotopic (exact) mass is 297 g/mol. The van der Waals surface area contributed by atoms with Gasteiger partial charge in [-0.05, 0) is 31.5 Å². The molecule has 19 heavy (non-hydrogen) atoms. The summed E-state index contributed by atoms with van der Waals surface area (Å²) in [4.78, 5) is 10.6. The van der Waals surface area contributed by atoms with Gasteiger partial charge in [-0.2, -0.15) is 0 Å². The molecule has 2 rings (SSSR count). The highest BCUT2D eigenvalue weighted by atomic mass is 35.5. The number of thioether (sulfide) groups is 1. The van der Waals surface area contributed by atoms with Crippen LogP contribution in [0.2, 0.25) is 5.02 Å². The summed E-state index contributed by atoms with van der Waals surface area (Å²) >= 11 is 7.14. The van der Waals surface area contributed by atoms with Gasteiger partial charge in [-0.15, -0.1) is 10.2 Å². The van der Waals surface area contributed by atoms with Gasteiger partial charge in [-0.3, -0.25) is 9.36 Å². The van der Waals surface area contributed by atoms with E-state index in [-0.39, 0.29) is 5.75 Å². The van der Waals surface area contributed by atoms with Crippen molar-refractivity contribution in [3.05, 3.63) is 34.6 Å². The fourth-order valence-electron chi connectivity index (χ4n) is 1.66. The van der Waals surface area contributed by atoms with Gasteiger partial charge in [-0.1, -0.05) is 29.4 Å². The Bertz CT molecular complexity index is 627. The minimum absolute atomic E-state index is 0.0578. The number of rotatable bonds is 4. The maximum atomic E-state index is 10.6. The summed E-state index contributed by atoms with van der Waals surface area (Å²) in [6.07, 6.45) is 0. The molecule has 0 aliphatic rings. The smallest absolute Gasteiger partial charge is 0.313 e. The van der Waals surface area contributed by atoms with E-state index in [2.05, 4.69) is 10.2 Å². The number of benzene rings is 1. The van der Waals surface area contributed by atoms with Crippen LogP contribution < -0.4 is 0 Å². The highest BCUT2D eigenvalue weighted by Gasteiger charge is 2.14. The first-order chi connectivity index (χ1) is 8.99. The van der Waals surface area contributed by atoms with Crippen molar-refractivity contribution in [3.8, 4) is 5.69 Å². The third kappa shape index (κ3) is 3.08. The second kappa shape index (κ2) is 5.63. The molecule has 0 bridgehead atoms. The molecular formula is C12H12ClN3O2S. The molecule has 0 fully saturated rings. The molecule has 100 valence electrons. The van der Waals surface area contributed by atoms with Gasteiger partial charge in [-0.25, -0.2) is 0 Å². The van der Waals surface area contributed by atoms with Crippen molar-refractivity contribution in [1.29, 1.82) is 0 Å². The summed E-state index contributed by atoms with van der Waals surface area (Å²) in [5.74, 6) is -0.254. The standard InChI is InChI=1S/C12H12ClN3O2S/c1-7-3-4-9(13)5-10(7)16-8(2)14-15-12(16)19-6-11(17)18/h3-5H,6H2,1-2H3,(H,17,18). The van der Waals surface area contributed by atoms with Crippen LogP contribution in [0.3, 0.4) is 0 Å². The van der Waals surface area contributed by atoms with Crippen LogP contribution in [0.5, 0.6) is 0 Å². The highest BCUT2D eigenvalue weighted by molar-refractivity contribution is 7.99. The lowest BCUT2D eigenvalue weighted by atomic mass is 10.2. The molecule has 0 amide bonds. The largest absolute Gasteiger partial charge is 0.481 e. The number of halogens is 1. The summed E-state index contributed by atoms with van der Waals surface area (Å²) in [7, 11) is 0. The van der Waals surface area contributed by atoms with Crippen LogP contribution in [0.15, 0.2) is 23.4 Å². The van der Waals surface area contributed by atoms with Crippen LogP contribution in [0.1, 0.15) is 11.4 Å². The first-order valence-corrected chi connectivity index (χ1v) is 6.88. The number of aromatic nitrogens is 3. The van der Waals surface area contributed by atoms with Gasteiger partial charge in [0, 0.05) is 5.02 Å². The minimum atomic E-state index is -0.889. The van der Waals surface area contributed by atoms with E-state index in [1.54, 1.807) is 0 Å². The summed E-state index contributed by atoms with van der Waals surface area (Å²) in [6.45, 7) is 3.77. The minimum Gasteiger partial charge on any atom is -0.481 e. The van der Waals surface area contributed by atoms with Gasteiger partial charge in [0.1, 0.15) is 5.82 Å². The Balaban J connectivity index is 2.46. The van der Waals surface area contributed by atoms with Crippen LogP contribution in [-0.2, 0) is 4.79 Å². The molecular weight excluding hydrogens is 286 g/mol. The topological polar surface area (TPSA) is 68.0 Å². The molecule has 0 saturated carbocycles. The predicted molar refractivity (Wildman–Crippen MR) is 74.2 cm³/mol. The van der Waals surface area contributed by atoms with Crippen LogP contribution in [0, 0.1) is 13.8 Å². The maximum Gasteiger partial charge on any atom is 0.313 e. The van der Waals surface area contributed by atoms with Gasteiger partial charge in [0.05, 0.1) is 11.4 Å². The van der Waals surface area contributed by atoms with E-state index in [4.69, 9.17) is 16.7 Å². The van der Waals surface area contributed by atoms with Crippen molar-refractivity contribution in [2.75, 3.05) is 5.75 Å².